The minimum Gasteiger partial charge on any atom is -0.508 e. The van der Waals surface area contributed by atoms with Crippen LogP contribution in [0, 0.1) is 11.3 Å². The van der Waals surface area contributed by atoms with Gasteiger partial charge in [0.15, 0.2) is 0 Å². The fourth-order valence-electron chi connectivity index (χ4n) is 1.96. The molecule has 16 heavy (non-hydrogen) atoms. The van der Waals surface area contributed by atoms with Crippen molar-refractivity contribution in [2.75, 3.05) is 0 Å². The van der Waals surface area contributed by atoms with Gasteiger partial charge in [0.05, 0.1) is 0 Å². The Kier molecular flexibility index (Phi) is 4.01. The molecule has 0 saturated heterocycles. The van der Waals surface area contributed by atoms with Gasteiger partial charge in [0.1, 0.15) is 5.75 Å². The first-order chi connectivity index (χ1) is 7.28. The van der Waals surface area contributed by atoms with E-state index in [1.54, 1.807) is 0 Å². The molecule has 1 nitrogen and oxygen atoms in total. The van der Waals surface area contributed by atoms with Crippen LogP contribution in [-0.4, -0.2) is 5.11 Å². The van der Waals surface area contributed by atoms with Crippen molar-refractivity contribution in [1.29, 1.82) is 0 Å². The van der Waals surface area contributed by atoms with Crippen molar-refractivity contribution in [2.24, 2.45) is 11.3 Å². The fraction of sp³-hybridized carbons (Fsp3) is 0.600. The van der Waals surface area contributed by atoms with E-state index in [4.69, 9.17) is 0 Å². The van der Waals surface area contributed by atoms with Crippen LogP contribution in [0.2, 0.25) is 0 Å². The molecule has 0 spiro atoms. The topological polar surface area (TPSA) is 20.2 Å². The molecular weight excluding hydrogens is 196 g/mol. The Hall–Kier alpha value is -0.980. The van der Waals surface area contributed by atoms with Crippen molar-refractivity contribution < 1.29 is 5.11 Å². The standard InChI is InChI=1S/C15H24O/c1-11(2)8-13-9-12(6-7-14(13)16)10-15(3,4)5/h6-7,9,11,16H,8,10H2,1-5H3. The van der Waals surface area contributed by atoms with E-state index in [1.807, 2.05) is 12.1 Å². The van der Waals surface area contributed by atoms with E-state index in [-0.39, 0.29) is 0 Å². The molecule has 0 bridgehead atoms. The fourth-order valence-corrected chi connectivity index (χ4v) is 1.96. The molecule has 0 amide bonds. The molecule has 0 aliphatic rings. The van der Waals surface area contributed by atoms with Crippen molar-refractivity contribution in [3.8, 4) is 5.75 Å². The minimum atomic E-state index is 0.298. The monoisotopic (exact) mass is 220 g/mol. The molecular formula is C15H24O. The first kappa shape index (κ1) is 13.1. The number of hydrogen-bond acceptors (Lipinski definition) is 1. The maximum absolute atomic E-state index is 9.78. The van der Waals surface area contributed by atoms with E-state index in [2.05, 4.69) is 40.7 Å². The van der Waals surface area contributed by atoms with Gasteiger partial charge in [-0.1, -0.05) is 46.8 Å². The predicted octanol–water partition coefficient (Wildman–Crippen LogP) is 4.18. The summed E-state index contributed by atoms with van der Waals surface area (Å²) in [4.78, 5) is 0. The third kappa shape index (κ3) is 4.26. The van der Waals surface area contributed by atoms with Gasteiger partial charge in [0.2, 0.25) is 0 Å². The van der Waals surface area contributed by atoms with Gasteiger partial charge in [-0.15, -0.1) is 0 Å². The molecule has 0 saturated carbocycles. The van der Waals surface area contributed by atoms with Crippen molar-refractivity contribution in [3.63, 3.8) is 0 Å². The number of benzene rings is 1. The average molecular weight is 220 g/mol. The molecule has 1 heteroatoms. The summed E-state index contributed by atoms with van der Waals surface area (Å²) >= 11 is 0. The van der Waals surface area contributed by atoms with Gasteiger partial charge in [0.25, 0.3) is 0 Å². The van der Waals surface area contributed by atoms with E-state index in [9.17, 15) is 5.11 Å². The zero-order valence-electron chi connectivity index (χ0n) is 11.2. The molecule has 1 aromatic carbocycles. The minimum absolute atomic E-state index is 0.298. The van der Waals surface area contributed by atoms with Crippen LogP contribution >= 0.6 is 0 Å². The summed E-state index contributed by atoms with van der Waals surface area (Å²) < 4.78 is 0. The van der Waals surface area contributed by atoms with Gasteiger partial charge in [-0.25, -0.2) is 0 Å². The second kappa shape index (κ2) is 4.90. The molecule has 1 rings (SSSR count). The normalized spacial score (nSPS) is 12.1. The van der Waals surface area contributed by atoms with Crippen LogP contribution in [0.1, 0.15) is 45.7 Å². The van der Waals surface area contributed by atoms with Crippen molar-refractivity contribution >= 4 is 0 Å². The second-order valence-electron chi connectivity index (χ2n) is 6.30. The van der Waals surface area contributed by atoms with Gasteiger partial charge < -0.3 is 5.11 Å². The van der Waals surface area contributed by atoms with Crippen LogP contribution in [0.25, 0.3) is 0 Å². The Bertz CT molecular complexity index is 345. The van der Waals surface area contributed by atoms with E-state index in [0.29, 0.717) is 17.1 Å². The molecule has 1 aromatic rings. The van der Waals surface area contributed by atoms with Gasteiger partial charge in [0, 0.05) is 0 Å². The maximum Gasteiger partial charge on any atom is 0.118 e. The van der Waals surface area contributed by atoms with Gasteiger partial charge in [-0.05, 0) is 41.4 Å². The summed E-state index contributed by atoms with van der Waals surface area (Å²) in [5, 5.41) is 9.78. The summed E-state index contributed by atoms with van der Waals surface area (Å²) in [6.07, 6.45) is 2.00. The highest BCUT2D eigenvalue weighted by Gasteiger charge is 2.13. The highest BCUT2D eigenvalue weighted by molar-refractivity contribution is 5.36. The summed E-state index contributed by atoms with van der Waals surface area (Å²) in [5.74, 6) is 1.02. The molecule has 90 valence electrons. The van der Waals surface area contributed by atoms with Crippen molar-refractivity contribution in [3.05, 3.63) is 29.3 Å². The van der Waals surface area contributed by atoms with Crippen LogP contribution in [-0.2, 0) is 12.8 Å². The Morgan fingerprint density at radius 3 is 2.31 bits per heavy atom. The molecule has 0 heterocycles. The molecule has 0 aliphatic heterocycles. The molecule has 0 aromatic heterocycles. The lowest BCUT2D eigenvalue weighted by atomic mass is 9.87. The summed E-state index contributed by atoms with van der Waals surface area (Å²) in [6, 6.07) is 6.02. The Balaban J connectivity index is 2.89. The SMILES string of the molecule is CC(C)Cc1cc(CC(C)(C)C)ccc1O. The van der Waals surface area contributed by atoms with E-state index in [0.717, 1.165) is 18.4 Å². The van der Waals surface area contributed by atoms with Gasteiger partial charge in [-0.3, -0.25) is 0 Å². The molecule has 0 aliphatic carbocycles. The largest absolute Gasteiger partial charge is 0.508 e. The smallest absolute Gasteiger partial charge is 0.118 e. The predicted molar refractivity (Wildman–Crippen MR) is 69.8 cm³/mol. The first-order valence-corrected chi connectivity index (χ1v) is 6.09. The Morgan fingerprint density at radius 2 is 1.81 bits per heavy atom. The van der Waals surface area contributed by atoms with Gasteiger partial charge >= 0.3 is 0 Å². The summed E-state index contributed by atoms with van der Waals surface area (Å²) in [5.41, 5.74) is 2.70. The van der Waals surface area contributed by atoms with Crippen molar-refractivity contribution in [1.82, 2.24) is 0 Å². The zero-order chi connectivity index (χ0) is 12.3. The van der Waals surface area contributed by atoms with Crippen LogP contribution in [0.3, 0.4) is 0 Å². The van der Waals surface area contributed by atoms with Crippen molar-refractivity contribution in [2.45, 2.75) is 47.5 Å². The van der Waals surface area contributed by atoms with Crippen LogP contribution in [0.4, 0.5) is 0 Å². The Morgan fingerprint density at radius 1 is 1.19 bits per heavy atom. The third-order valence-electron chi connectivity index (χ3n) is 2.51. The van der Waals surface area contributed by atoms with E-state index < -0.39 is 0 Å². The highest BCUT2D eigenvalue weighted by Crippen LogP contribution is 2.26. The molecule has 1 N–H and O–H groups in total. The maximum atomic E-state index is 9.78. The number of hydrogen-bond donors (Lipinski definition) is 1. The summed E-state index contributed by atoms with van der Waals surface area (Å²) in [7, 11) is 0. The lowest BCUT2D eigenvalue weighted by Gasteiger charge is -2.19. The van der Waals surface area contributed by atoms with Crippen LogP contribution < -0.4 is 0 Å². The van der Waals surface area contributed by atoms with E-state index >= 15 is 0 Å². The Labute approximate surface area is 99.5 Å². The first-order valence-electron chi connectivity index (χ1n) is 6.09. The average Bonchev–Trinajstić information content (AvgIpc) is 2.07. The quantitative estimate of drug-likeness (QED) is 0.810. The number of phenols is 1. The molecule has 0 radical (unpaired) electrons. The van der Waals surface area contributed by atoms with Crippen LogP contribution in [0.5, 0.6) is 5.75 Å². The van der Waals surface area contributed by atoms with Gasteiger partial charge in [-0.2, -0.15) is 0 Å². The second-order valence-corrected chi connectivity index (χ2v) is 6.30. The lowest BCUT2D eigenvalue weighted by molar-refractivity contribution is 0.410. The number of rotatable bonds is 3. The van der Waals surface area contributed by atoms with Crippen LogP contribution in [0.15, 0.2) is 18.2 Å². The molecule has 0 atom stereocenters. The summed E-state index contributed by atoms with van der Waals surface area (Å²) in [6.45, 7) is 11.1. The molecule has 0 fully saturated rings. The van der Waals surface area contributed by atoms with E-state index in [1.165, 1.54) is 5.56 Å². The highest BCUT2D eigenvalue weighted by atomic mass is 16.3. The number of aromatic hydroxyl groups is 1. The zero-order valence-corrected chi connectivity index (χ0v) is 11.2. The lowest BCUT2D eigenvalue weighted by Crippen LogP contribution is -2.09. The molecule has 0 unspecified atom stereocenters. The number of phenolic OH excluding ortho intramolecular Hbond substituents is 1. The third-order valence-corrected chi connectivity index (χ3v) is 2.51.